The Morgan fingerprint density at radius 1 is 1.03 bits per heavy atom. The van der Waals surface area contributed by atoms with E-state index in [4.69, 9.17) is 11.6 Å². The lowest BCUT2D eigenvalue weighted by Crippen LogP contribution is -2.24. The summed E-state index contributed by atoms with van der Waals surface area (Å²) in [5.74, 6) is 2.26. The molecular weight excluding hydrogens is 398 g/mol. The number of hydrogen-bond donors (Lipinski definition) is 2. The number of hydrogen-bond acceptors (Lipinski definition) is 6. The van der Waals surface area contributed by atoms with Crippen LogP contribution in [0.15, 0.2) is 67.3 Å². The highest BCUT2D eigenvalue weighted by molar-refractivity contribution is 6.31. The summed E-state index contributed by atoms with van der Waals surface area (Å²) in [5, 5.41) is 11.4. The molecule has 3 aromatic heterocycles. The normalized spacial score (nSPS) is 16.0. The number of H-pyrrole nitrogens is 1. The van der Waals surface area contributed by atoms with Crippen molar-refractivity contribution in [1.82, 2.24) is 25.1 Å². The highest BCUT2D eigenvalue weighted by atomic mass is 35.5. The summed E-state index contributed by atoms with van der Waals surface area (Å²) in [7, 11) is 0. The average Bonchev–Trinajstić information content (AvgIpc) is 3.45. The highest BCUT2D eigenvalue weighted by Gasteiger charge is 2.28. The zero-order valence-corrected chi connectivity index (χ0v) is 16.9. The first-order valence-corrected chi connectivity index (χ1v) is 10.2. The van der Waals surface area contributed by atoms with Crippen molar-refractivity contribution in [3.63, 3.8) is 0 Å². The SMILES string of the molecule is Clc1ccccc1C1CCCN1c1cc(Nc2cc(-c3ccncc3)[nH]n2)ncn1. The summed E-state index contributed by atoms with van der Waals surface area (Å²) in [6.45, 7) is 0.931. The number of aromatic amines is 1. The van der Waals surface area contributed by atoms with Gasteiger partial charge in [0.15, 0.2) is 5.82 Å². The van der Waals surface area contributed by atoms with Crippen LogP contribution in [0.3, 0.4) is 0 Å². The molecular formula is C22H20ClN7. The van der Waals surface area contributed by atoms with Crippen molar-refractivity contribution in [2.45, 2.75) is 18.9 Å². The molecule has 5 rings (SSSR count). The fraction of sp³-hybridized carbons (Fsp3) is 0.182. The molecule has 0 radical (unpaired) electrons. The molecule has 1 aromatic carbocycles. The van der Waals surface area contributed by atoms with Gasteiger partial charge < -0.3 is 10.2 Å². The van der Waals surface area contributed by atoms with Crippen LogP contribution in [0.1, 0.15) is 24.4 Å². The number of rotatable bonds is 5. The van der Waals surface area contributed by atoms with Gasteiger partial charge in [0.1, 0.15) is 18.0 Å². The Balaban J connectivity index is 1.37. The van der Waals surface area contributed by atoms with Crippen molar-refractivity contribution in [3.8, 4) is 11.3 Å². The zero-order chi connectivity index (χ0) is 20.3. The topological polar surface area (TPSA) is 82.6 Å². The second-order valence-electron chi connectivity index (χ2n) is 7.16. The van der Waals surface area contributed by atoms with Crippen molar-refractivity contribution in [2.75, 3.05) is 16.8 Å². The molecule has 1 saturated heterocycles. The maximum Gasteiger partial charge on any atom is 0.153 e. The van der Waals surface area contributed by atoms with Crippen molar-refractivity contribution >= 4 is 29.1 Å². The van der Waals surface area contributed by atoms with Gasteiger partial charge in [0.25, 0.3) is 0 Å². The van der Waals surface area contributed by atoms with Crippen LogP contribution in [0.25, 0.3) is 11.3 Å². The van der Waals surface area contributed by atoms with Gasteiger partial charge in [-0.15, -0.1) is 0 Å². The molecule has 7 nitrogen and oxygen atoms in total. The molecule has 2 N–H and O–H groups in total. The second-order valence-corrected chi connectivity index (χ2v) is 7.57. The molecule has 1 aliphatic rings. The van der Waals surface area contributed by atoms with Crippen LogP contribution in [0, 0.1) is 0 Å². The molecule has 0 saturated carbocycles. The smallest absolute Gasteiger partial charge is 0.153 e. The third-order valence-electron chi connectivity index (χ3n) is 5.29. The molecule has 4 heterocycles. The highest BCUT2D eigenvalue weighted by Crippen LogP contribution is 2.38. The van der Waals surface area contributed by atoms with E-state index in [1.165, 1.54) is 0 Å². The van der Waals surface area contributed by atoms with Gasteiger partial charge in [-0.05, 0) is 36.6 Å². The van der Waals surface area contributed by atoms with Gasteiger partial charge >= 0.3 is 0 Å². The minimum absolute atomic E-state index is 0.213. The van der Waals surface area contributed by atoms with Crippen LogP contribution < -0.4 is 10.2 Å². The summed E-state index contributed by atoms with van der Waals surface area (Å²) < 4.78 is 0. The van der Waals surface area contributed by atoms with Gasteiger partial charge in [0, 0.05) is 41.7 Å². The quantitative estimate of drug-likeness (QED) is 0.475. The third-order valence-corrected chi connectivity index (χ3v) is 5.63. The summed E-state index contributed by atoms with van der Waals surface area (Å²) in [6.07, 6.45) is 7.23. The van der Waals surface area contributed by atoms with Crippen molar-refractivity contribution in [2.24, 2.45) is 0 Å². The Kier molecular flexibility index (Phi) is 5.03. The van der Waals surface area contributed by atoms with Crippen LogP contribution in [0.5, 0.6) is 0 Å². The molecule has 0 bridgehead atoms. The number of benzene rings is 1. The molecule has 30 heavy (non-hydrogen) atoms. The lowest BCUT2D eigenvalue weighted by molar-refractivity contribution is 0.711. The summed E-state index contributed by atoms with van der Waals surface area (Å²) in [6, 6.07) is 16.0. The Morgan fingerprint density at radius 2 is 1.90 bits per heavy atom. The van der Waals surface area contributed by atoms with Gasteiger partial charge in [0.05, 0.1) is 11.7 Å². The maximum atomic E-state index is 6.46. The number of halogens is 1. The Bertz CT molecular complexity index is 1140. The zero-order valence-electron chi connectivity index (χ0n) is 16.2. The molecule has 150 valence electrons. The largest absolute Gasteiger partial charge is 0.349 e. The molecule has 8 heteroatoms. The second kappa shape index (κ2) is 8.12. The number of nitrogens with one attached hydrogen (secondary N) is 2. The third kappa shape index (κ3) is 3.71. The number of nitrogens with zero attached hydrogens (tertiary/aromatic N) is 5. The van der Waals surface area contributed by atoms with E-state index in [-0.39, 0.29) is 6.04 Å². The monoisotopic (exact) mass is 417 g/mol. The Hall–Kier alpha value is -3.45. The lowest BCUT2D eigenvalue weighted by Gasteiger charge is -2.26. The molecule has 0 aliphatic carbocycles. The molecule has 0 amide bonds. The standard InChI is InChI=1S/C22H20ClN7/c23-17-5-2-1-4-16(17)19-6-3-11-30(19)22-13-20(25-14-26-22)27-21-12-18(28-29-21)15-7-9-24-10-8-15/h1-2,4-5,7-10,12-14,19H,3,6,11H2,(H2,25,26,27,28,29). The predicted octanol–water partition coefficient (Wildman–Crippen LogP) is 5.00. The number of pyridine rings is 1. The van der Waals surface area contributed by atoms with Crippen LogP contribution >= 0.6 is 11.6 Å². The van der Waals surface area contributed by atoms with E-state index in [9.17, 15) is 0 Å². The maximum absolute atomic E-state index is 6.46. The molecule has 1 unspecified atom stereocenters. The van der Waals surface area contributed by atoms with Gasteiger partial charge in [0.2, 0.25) is 0 Å². The first-order chi connectivity index (χ1) is 14.8. The Morgan fingerprint density at radius 3 is 2.77 bits per heavy atom. The van der Waals surface area contributed by atoms with Gasteiger partial charge in [-0.2, -0.15) is 5.10 Å². The van der Waals surface area contributed by atoms with E-state index in [2.05, 4.69) is 41.4 Å². The number of aromatic nitrogens is 5. The van der Waals surface area contributed by atoms with E-state index in [0.29, 0.717) is 11.6 Å². The van der Waals surface area contributed by atoms with Crippen LogP contribution in [-0.4, -0.2) is 31.7 Å². The van der Waals surface area contributed by atoms with Crippen molar-refractivity contribution in [1.29, 1.82) is 0 Å². The van der Waals surface area contributed by atoms with Gasteiger partial charge in [-0.3, -0.25) is 10.1 Å². The predicted molar refractivity (Wildman–Crippen MR) is 118 cm³/mol. The van der Waals surface area contributed by atoms with E-state index in [1.807, 2.05) is 42.5 Å². The van der Waals surface area contributed by atoms with E-state index < -0.39 is 0 Å². The molecule has 0 spiro atoms. The first kappa shape index (κ1) is 18.6. The first-order valence-electron chi connectivity index (χ1n) is 9.84. The van der Waals surface area contributed by atoms with Gasteiger partial charge in [-0.25, -0.2) is 9.97 Å². The minimum Gasteiger partial charge on any atom is -0.349 e. The fourth-order valence-electron chi connectivity index (χ4n) is 3.88. The average molecular weight is 418 g/mol. The van der Waals surface area contributed by atoms with Gasteiger partial charge in [-0.1, -0.05) is 29.8 Å². The Labute approximate surface area is 179 Å². The van der Waals surface area contributed by atoms with Crippen LogP contribution in [-0.2, 0) is 0 Å². The fourth-order valence-corrected chi connectivity index (χ4v) is 4.14. The molecule has 4 aromatic rings. The summed E-state index contributed by atoms with van der Waals surface area (Å²) >= 11 is 6.46. The van der Waals surface area contributed by atoms with Crippen molar-refractivity contribution < 1.29 is 0 Å². The molecule has 1 atom stereocenters. The van der Waals surface area contributed by atoms with Crippen LogP contribution in [0.4, 0.5) is 17.5 Å². The minimum atomic E-state index is 0.213. The molecule has 1 aliphatic heterocycles. The van der Waals surface area contributed by atoms with Crippen molar-refractivity contribution in [3.05, 3.63) is 77.8 Å². The van der Waals surface area contributed by atoms with Crippen LogP contribution in [0.2, 0.25) is 5.02 Å². The lowest BCUT2D eigenvalue weighted by atomic mass is 10.0. The summed E-state index contributed by atoms with van der Waals surface area (Å²) in [4.78, 5) is 15.2. The van der Waals surface area contributed by atoms with E-state index in [0.717, 1.165) is 47.0 Å². The number of anilines is 3. The van der Waals surface area contributed by atoms with E-state index in [1.54, 1.807) is 18.7 Å². The van der Waals surface area contributed by atoms with E-state index >= 15 is 0 Å². The molecule has 1 fully saturated rings. The summed E-state index contributed by atoms with van der Waals surface area (Å²) in [5.41, 5.74) is 3.07.